The summed E-state index contributed by atoms with van der Waals surface area (Å²) >= 11 is 0. The zero-order valence-corrected chi connectivity index (χ0v) is 17.3. The van der Waals surface area contributed by atoms with Gasteiger partial charge in [0.15, 0.2) is 0 Å². The smallest absolute Gasteiger partial charge is 0.414 e. The highest BCUT2D eigenvalue weighted by Crippen LogP contribution is 2.47. The molecule has 2 aliphatic heterocycles. The van der Waals surface area contributed by atoms with Gasteiger partial charge in [0.05, 0.1) is 0 Å². The molecule has 1 spiro atoms. The zero-order valence-electron chi connectivity index (χ0n) is 17.3. The average Bonchev–Trinajstić information content (AvgIpc) is 3.04. The molecule has 0 atom stereocenters. The fraction of sp³-hybridized carbons (Fsp3) is 0.545. The van der Waals surface area contributed by atoms with Gasteiger partial charge in [0.2, 0.25) is 0 Å². The Morgan fingerprint density at radius 3 is 2.24 bits per heavy atom. The van der Waals surface area contributed by atoms with Gasteiger partial charge in [-0.15, -0.1) is 0 Å². The van der Waals surface area contributed by atoms with Gasteiger partial charge in [-0.25, -0.2) is 14.4 Å². The number of likely N-dealkylation sites (tertiary alicyclic amines) is 2. The summed E-state index contributed by atoms with van der Waals surface area (Å²) in [5, 5.41) is 0. The monoisotopic (exact) mass is 400 g/mol. The Balaban J connectivity index is 1.60. The highest BCUT2D eigenvalue weighted by Gasteiger charge is 2.49. The predicted octanol–water partition coefficient (Wildman–Crippen LogP) is 3.76. The van der Waals surface area contributed by atoms with Crippen LogP contribution >= 0.6 is 0 Å². The summed E-state index contributed by atoms with van der Waals surface area (Å²) in [4.78, 5) is 39.7. The minimum absolute atomic E-state index is 0.154. The first-order valence-electron chi connectivity index (χ1n) is 9.96. The molecule has 1 aromatic rings. The number of piperidine rings is 1. The Morgan fingerprint density at radius 2 is 1.66 bits per heavy atom. The summed E-state index contributed by atoms with van der Waals surface area (Å²) in [6.45, 7) is 7.03. The van der Waals surface area contributed by atoms with E-state index in [-0.39, 0.29) is 12.7 Å². The third-order valence-electron chi connectivity index (χ3n) is 5.48. The average molecular weight is 400 g/mol. The highest BCUT2D eigenvalue weighted by atomic mass is 16.6. The van der Waals surface area contributed by atoms with Gasteiger partial charge in [0.25, 0.3) is 0 Å². The van der Waals surface area contributed by atoms with E-state index in [1.807, 2.05) is 57.0 Å². The van der Waals surface area contributed by atoms with E-state index in [2.05, 4.69) is 0 Å². The van der Waals surface area contributed by atoms with Gasteiger partial charge in [-0.1, -0.05) is 30.3 Å². The fourth-order valence-electron chi connectivity index (χ4n) is 3.92. The van der Waals surface area contributed by atoms with Crippen LogP contribution in [-0.2, 0) is 20.9 Å². The molecule has 156 valence electrons. The molecule has 3 rings (SSSR count). The van der Waals surface area contributed by atoms with Crippen LogP contribution in [0.4, 0.5) is 9.59 Å². The molecule has 2 saturated heterocycles. The van der Waals surface area contributed by atoms with Crippen LogP contribution < -0.4 is 0 Å². The number of nitrogens with zero attached hydrogens (tertiary/aromatic N) is 2. The number of ether oxygens (including phenoxy) is 2. The summed E-state index contributed by atoms with van der Waals surface area (Å²) < 4.78 is 10.8. The first kappa shape index (κ1) is 20.9. The van der Waals surface area contributed by atoms with Crippen molar-refractivity contribution in [3.63, 3.8) is 0 Å². The molecule has 1 aromatic carbocycles. The topological polar surface area (TPSA) is 76.2 Å². The maximum Gasteiger partial charge on any atom is 0.414 e. The molecular formula is C22H28N2O5. The lowest BCUT2D eigenvalue weighted by Gasteiger charge is -2.39. The largest absolute Gasteiger partial charge is 0.444 e. The van der Waals surface area contributed by atoms with Gasteiger partial charge in [-0.3, -0.25) is 4.90 Å². The van der Waals surface area contributed by atoms with Crippen molar-refractivity contribution in [2.24, 2.45) is 5.41 Å². The molecule has 0 saturated carbocycles. The summed E-state index contributed by atoms with van der Waals surface area (Å²) in [6.07, 6.45) is 0.985. The minimum Gasteiger partial charge on any atom is -0.444 e. The van der Waals surface area contributed by atoms with Crippen LogP contribution in [-0.4, -0.2) is 53.2 Å². The summed E-state index contributed by atoms with van der Waals surface area (Å²) in [7, 11) is 0. The minimum atomic E-state index is -0.549. The second kappa shape index (κ2) is 8.29. The summed E-state index contributed by atoms with van der Waals surface area (Å²) in [5.74, 6) is 1.99. The molecule has 2 fully saturated rings. The molecule has 0 radical (unpaired) electrons. The van der Waals surface area contributed by atoms with Gasteiger partial charge in [-0.2, -0.15) is 0 Å². The van der Waals surface area contributed by atoms with Crippen molar-refractivity contribution in [1.29, 1.82) is 0 Å². The molecular weight excluding hydrogens is 372 g/mol. The Hall–Kier alpha value is -2.79. The molecule has 0 aliphatic carbocycles. The van der Waals surface area contributed by atoms with E-state index in [0.717, 1.165) is 5.56 Å². The quantitative estimate of drug-likeness (QED) is 0.707. The third kappa shape index (κ3) is 4.80. The Morgan fingerprint density at radius 1 is 1.03 bits per heavy atom. The van der Waals surface area contributed by atoms with Crippen LogP contribution in [0.3, 0.4) is 0 Å². The number of carbonyl (C=O) groups is 2. The maximum absolute atomic E-state index is 12.6. The van der Waals surface area contributed by atoms with Gasteiger partial charge in [0.1, 0.15) is 23.8 Å². The van der Waals surface area contributed by atoms with Crippen molar-refractivity contribution >= 4 is 18.1 Å². The van der Waals surface area contributed by atoms with E-state index < -0.39 is 17.1 Å². The van der Waals surface area contributed by atoms with E-state index in [0.29, 0.717) is 44.6 Å². The molecule has 7 heteroatoms. The lowest BCUT2D eigenvalue weighted by molar-refractivity contribution is 0.0137. The lowest BCUT2D eigenvalue weighted by atomic mass is 9.75. The standard InChI is InChI=1S/C22H28N2O5/c1-21(2,3)29-19(26)23-12-9-22(10-13-23)11-14-24(18(22)15-25)20(27)28-16-17-7-5-4-6-8-17/h4-8H,9-14,16H2,1-3H3. The molecule has 0 bridgehead atoms. The van der Waals surface area contributed by atoms with Crippen LogP contribution in [0.1, 0.15) is 45.6 Å². The number of allylic oxidation sites excluding steroid dienone is 1. The van der Waals surface area contributed by atoms with E-state index in [1.54, 1.807) is 4.90 Å². The number of hydrogen-bond donors (Lipinski definition) is 0. The summed E-state index contributed by atoms with van der Waals surface area (Å²) in [6, 6.07) is 9.40. The first-order chi connectivity index (χ1) is 13.7. The number of hydrogen-bond acceptors (Lipinski definition) is 5. The van der Waals surface area contributed by atoms with E-state index in [4.69, 9.17) is 9.47 Å². The molecule has 2 amide bonds. The highest BCUT2D eigenvalue weighted by molar-refractivity contribution is 5.75. The number of rotatable bonds is 2. The van der Waals surface area contributed by atoms with E-state index >= 15 is 0 Å². The van der Waals surface area contributed by atoms with Gasteiger partial charge < -0.3 is 14.4 Å². The van der Waals surface area contributed by atoms with Crippen LogP contribution in [0.25, 0.3) is 0 Å². The van der Waals surface area contributed by atoms with Gasteiger partial charge in [0, 0.05) is 25.0 Å². The van der Waals surface area contributed by atoms with Crippen molar-refractivity contribution in [3.8, 4) is 0 Å². The van der Waals surface area contributed by atoms with Gasteiger partial charge >= 0.3 is 12.2 Å². The fourth-order valence-corrected chi connectivity index (χ4v) is 3.92. The van der Waals surface area contributed by atoms with E-state index in [9.17, 15) is 14.4 Å². The normalized spacial score (nSPS) is 18.5. The van der Waals surface area contributed by atoms with Gasteiger partial charge in [-0.05, 0) is 45.6 Å². The van der Waals surface area contributed by atoms with Crippen LogP contribution in [0, 0.1) is 5.41 Å². The maximum atomic E-state index is 12.6. The molecule has 7 nitrogen and oxygen atoms in total. The SMILES string of the molecule is CC(C)(C)OC(=O)N1CCC2(CC1)CCN(C(=O)OCc1ccccc1)C2=C=O. The molecule has 2 aliphatic rings. The van der Waals surface area contributed by atoms with Crippen molar-refractivity contribution in [1.82, 2.24) is 9.80 Å². The van der Waals surface area contributed by atoms with E-state index in [1.165, 1.54) is 4.90 Å². The number of carbonyl (C=O) groups excluding carboxylic acids is 3. The molecule has 0 unspecified atom stereocenters. The third-order valence-corrected chi connectivity index (χ3v) is 5.48. The van der Waals surface area contributed by atoms with Crippen molar-refractivity contribution in [2.75, 3.05) is 19.6 Å². The van der Waals surface area contributed by atoms with Crippen molar-refractivity contribution in [2.45, 2.75) is 52.2 Å². The van der Waals surface area contributed by atoms with Crippen molar-refractivity contribution in [3.05, 3.63) is 41.6 Å². The summed E-state index contributed by atoms with van der Waals surface area (Å²) in [5.41, 5.74) is 0.246. The lowest BCUT2D eigenvalue weighted by Crippen LogP contribution is -2.45. The van der Waals surface area contributed by atoms with Crippen LogP contribution in [0.2, 0.25) is 0 Å². The second-order valence-electron chi connectivity index (χ2n) is 8.64. The molecule has 0 N–H and O–H groups in total. The zero-order chi connectivity index (χ0) is 21.1. The number of benzene rings is 1. The van der Waals surface area contributed by atoms with Crippen LogP contribution in [0.5, 0.6) is 0 Å². The first-order valence-corrected chi connectivity index (χ1v) is 9.96. The number of amides is 2. The van der Waals surface area contributed by atoms with Crippen molar-refractivity contribution < 1.29 is 23.9 Å². The Kier molecular flexibility index (Phi) is 5.99. The molecule has 2 heterocycles. The molecule has 0 aromatic heterocycles. The predicted molar refractivity (Wildman–Crippen MR) is 107 cm³/mol. The van der Waals surface area contributed by atoms with Crippen LogP contribution in [0.15, 0.2) is 36.0 Å². The Labute approximate surface area is 171 Å². The second-order valence-corrected chi connectivity index (χ2v) is 8.64. The Bertz CT molecular complexity index is 800. The molecule has 29 heavy (non-hydrogen) atoms.